The zero-order chi connectivity index (χ0) is 10.4. The summed E-state index contributed by atoms with van der Waals surface area (Å²) in [6, 6.07) is 9.27. The molecule has 14 heavy (non-hydrogen) atoms. The van der Waals surface area contributed by atoms with Crippen molar-refractivity contribution >= 4 is 29.0 Å². The smallest absolute Gasteiger partial charge is 0.341 e. The monoisotopic (exact) mass is 306 g/mol. The Bertz CT molecular complexity index is 287. The number of benzene rings is 1. The van der Waals surface area contributed by atoms with E-state index in [-0.39, 0.29) is 5.97 Å². The molecule has 1 unspecified atom stereocenters. The Balaban J connectivity index is 2.77. The molecule has 0 fully saturated rings. The summed E-state index contributed by atoms with van der Waals surface area (Å²) >= 11 is 1.71. The lowest BCUT2D eigenvalue weighted by atomic mass is 10.1. The van der Waals surface area contributed by atoms with Crippen molar-refractivity contribution in [3.63, 3.8) is 0 Å². The molecule has 4 heteroatoms. The summed E-state index contributed by atoms with van der Waals surface area (Å²) in [5, 5.41) is 0. The quantitative estimate of drug-likeness (QED) is 0.634. The molecule has 0 heterocycles. The van der Waals surface area contributed by atoms with Crippen molar-refractivity contribution in [2.75, 3.05) is 6.61 Å². The van der Waals surface area contributed by atoms with Crippen LogP contribution in [0.25, 0.3) is 0 Å². The van der Waals surface area contributed by atoms with Gasteiger partial charge in [0.2, 0.25) is 0 Å². The second-order valence-electron chi connectivity index (χ2n) is 2.63. The summed E-state index contributed by atoms with van der Waals surface area (Å²) in [7, 11) is 0. The molecule has 3 nitrogen and oxygen atoms in total. The minimum absolute atomic E-state index is 0.354. The molecule has 0 saturated heterocycles. The molecule has 0 aliphatic rings. The van der Waals surface area contributed by atoms with Crippen molar-refractivity contribution in [1.29, 1.82) is 0 Å². The summed E-state index contributed by atoms with van der Waals surface area (Å²) in [5.74, 6) is -0.354. The Labute approximate surface area is 97.1 Å². The van der Waals surface area contributed by atoms with Crippen molar-refractivity contribution in [3.8, 4) is 0 Å². The van der Waals surface area contributed by atoms with Crippen LogP contribution in [-0.4, -0.2) is 12.6 Å². The maximum atomic E-state index is 11.4. The first kappa shape index (κ1) is 11.5. The van der Waals surface area contributed by atoms with Crippen LogP contribution in [0.2, 0.25) is 0 Å². The third-order valence-corrected chi connectivity index (χ3v) is 2.20. The van der Waals surface area contributed by atoms with Crippen molar-refractivity contribution in [3.05, 3.63) is 35.9 Å². The van der Waals surface area contributed by atoms with Crippen LogP contribution in [0.5, 0.6) is 0 Å². The van der Waals surface area contributed by atoms with Gasteiger partial charge in [0, 0.05) is 0 Å². The van der Waals surface area contributed by atoms with Gasteiger partial charge in [0.25, 0.3) is 0 Å². The van der Waals surface area contributed by atoms with Gasteiger partial charge in [0.15, 0.2) is 6.10 Å². The standard InChI is InChI=1S/C10H11IO3/c1-2-13-10(12)9(14-11)8-6-4-3-5-7-8/h3-7,9H,2H2,1H3. The molecule has 1 aromatic rings. The summed E-state index contributed by atoms with van der Waals surface area (Å²) < 4.78 is 9.93. The Morgan fingerprint density at radius 2 is 2.07 bits per heavy atom. The fourth-order valence-corrected chi connectivity index (χ4v) is 1.57. The maximum Gasteiger partial charge on any atom is 0.341 e. The summed E-state index contributed by atoms with van der Waals surface area (Å²) in [6.45, 7) is 2.13. The molecule has 0 aliphatic carbocycles. The van der Waals surface area contributed by atoms with Crippen LogP contribution in [0.15, 0.2) is 30.3 Å². The van der Waals surface area contributed by atoms with Crippen LogP contribution in [-0.2, 0) is 12.6 Å². The highest BCUT2D eigenvalue weighted by molar-refractivity contribution is 14.1. The minimum Gasteiger partial charge on any atom is -0.464 e. The van der Waals surface area contributed by atoms with Gasteiger partial charge in [-0.15, -0.1) is 0 Å². The van der Waals surface area contributed by atoms with E-state index < -0.39 is 6.10 Å². The van der Waals surface area contributed by atoms with Crippen LogP contribution >= 0.6 is 23.0 Å². The molecule has 1 rings (SSSR count). The number of hydrogen-bond acceptors (Lipinski definition) is 3. The number of hydrogen-bond donors (Lipinski definition) is 0. The zero-order valence-corrected chi connectivity index (χ0v) is 9.93. The van der Waals surface area contributed by atoms with E-state index in [1.165, 1.54) is 0 Å². The van der Waals surface area contributed by atoms with Gasteiger partial charge in [-0.3, -0.25) is 3.07 Å². The molecule has 0 saturated carbocycles. The molecule has 0 aromatic heterocycles. The number of carbonyl (C=O) groups excluding carboxylic acids is 1. The van der Waals surface area contributed by atoms with Gasteiger partial charge in [-0.1, -0.05) is 30.3 Å². The molecular weight excluding hydrogens is 295 g/mol. The van der Waals surface area contributed by atoms with E-state index in [0.717, 1.165) is 5.56 Å². The third kappa shape index (κ3) is 2.95. The molecule has 0 N–H and O–H groups in total. The van der Waals surface area contributed by atoms with E-state index in [2.05, 4.69) is 0 Å². The maximum absolute atomic E-state index is 11.4. The van der Waals surface area contributed by atoms with Gasteiger partial charge in [-0.25, -0.2) is 4.79 Å². The second-order valence-corrected chi connectivity index (χ2v) is 3.14. The molecule has 76 valence electrons. The van der Waals surface area contributed by atoms with Crippen molar-refractivity contribution in [2.24, 2.45) is 0 Å². The van der Waals surface area contributed by atoms with E-state index in [1.807, 2.05) is 30.3 Å². The van der Waals surface area contributed by atoms with Gasteiger partial charge < -0.3 is 4.74 Å². The molecule has 0 amide bonds. The van der Waals surface area contributed by atoms with E-state index in [9.17, 15) is 4.79 Å². The number of rotatable bonds is 4. The van der Waals surface area contributed by atoms with E-state index in [1.54, 1.807) is 29.9 Å². The van der Waals surface area contributed by atoms with Crippen molar-refractivity contribution < 1.29 is 12.6 Å². The zero-order valence-electron chi connectivity index (χ0n) is 7.77. The van der Waals surface area contributed by atoms with Crippen LogP contribution in [0, 0.1) is 0 Å². The Kier molecular flexibility index (Phi) is 4.89. The third-order valence-electron chi connectivity index (χ3n) is 1.69. The van der Waals surface area contributed by atoms with Crippen LogP contribution in [0.4, 0.5) is 0 Å². The van der Waals surface area contributed by atoms with Gasteiger partial charge >= 0.3 is 5.97 Å². The van der Waals surface area contributed by atoms with E-state index in [4.69, 9.17) is 7.80 Å². The van der Waals surface area contributed by atoms with Gasteiger partial charge in [0.05, 0.1) is 6.61 Å². The predicted octanol–water partition coefficient (Wildman–Crippen LogP) is 2.66. The Hall–Kier alpha value is -0.620. The average Bonchev–Trinajstić information content (AvgIpc) is 2.21. The predicted molar refractivity (Wildman–Crippen MR) is 60.9 cm³/mol. The Morgan fingerprint density at radius 1 is 1.43 bits per heavy atom. The number of halogens is 1. The lowest BCUT2D eigenvalue weighted by Crippen LogP contribution is -2.15. The van der Waals surface area contributed by atoms with Crippen LogP contribution < -0.4 is 0 Å². The topological polar surface area (TPSA) is 35.5 Å². The molecule has 0 spiro atoms. The lowest BCUT2D eigenvalue weighted by Gasteiger charge is -2.12. The molecule has 0 aliphatic heterocycles. The van der Waals surface area contributed by atoms with Crippen molar-refractivity contribution in [2.45, 2.75) is 13.0 Å². The second kappa shape index (κ2) is 5.98. The highest BCUT2D eigenvalue weighted by Crippen LogP contribution is 2.21. The van der Waals surface area contributed by atoms with E-state index >= 15 is 0 Å². The molecule has 1 atom stereocenters. The van der Waals surface area contributed by atoms with Crippen LogP contribution in [0.3, 0.4) is 0 Å². The Morgan fingerprint density at radius 3 is 2.57 bits per heavy atom. The first-order valence-corrected chi connectivity index (χ1v) is 5.16. The fourth-order valence-electron chi connectivity index (χ4n) is 1.07. The van der Waals surface area contributed by atoms with Crippen LogP contribution in [0.1, 0.15) is 18.6 Å². The summed E-state index contributed by atoms with van der Waals surface area (Å²) in [4.78, 5) is 11.4. The minimum atomic E-state index is -0.628. The first-order chi connectivity index (χ1) is 6.79. The van der Waals surface area contributed by atoms with Gasteiger partial charge in [0.1, 0.15) is 23.0 Å². The fraction of sp³-hybridized carbons (Fsp3) is 0.300. The SMILES string of the molecule is CCOC(=O)C(OI)c1ccccc1. The highest BCUT2D eigenvalue weighted by Gasteiger charge is 2.21. The molecule has 0 radical (unpaired) electrons. The average molecular weight is 306 g/mol. The van der Waals surface area contributed by atoms with Gasteiger partial charge in [-0.05, 0) is 12.5 Å². The molecular formula is C10H11IO3. The number of carbonyl (C=O) groups is 1. The van der Waals surface area contributed by atoms with Crippen molar-refractivity contribution in [1.82, 2.24) is 0 Å². The normalized spacial score (nSPS) is 12.1. The lowest BCUT2D eigenvalue weighted by molar-refractivity contribution is -0.150. The first-order valence-electron chi connectivity index (χ1n) is 4.28. The molecule has 0 bridgehead atoms. The van der Waals surface area contributed by atoms with Gasteiger partial charge in [-0.2, -0.15) is 0 Å². The highest BCUT2D eigenvalue weighted by atomic mass is 127. The van der Waals surface area contributed by atoms with E-state index in [0.29, 0.717) is 6.61 Å². The number of ether oxygens (including phenoxy) is 1. The summed E-state index contributed by atoms with van der Waals surface area (Å²) in [6.07, 6.45) is -0.628. The molecule has 1 aromatic carbocycles. The largest absolute Gasteiger partial charge is 0.464 e. The number of esters is 1. The summed E-state index contributed by atoms with van der Waals surface area (Å²) in [5.41, 5.74) is 0.806.